The first-order valence-electron chi connectivity index (χ1n) is 9.78. The van der Waals surface area contributed by atoms with Gasteiger partial charge in [-0.1, -0.05) is 29.5 Å². The Balaban J connectivity index is 1.68. The number of carbonyl (C=O) groups excluding carboxylic acids is 1. The number of amides is 1. The van der Waals surface area contributed by atoms with E-state index in [-0.39, 0.29) is 12.3 Å². The number of methoxy groups -OCH3 is 1. The molecule has 0 fully saturated rings. The van der Waals surface area contributed by atoms with Gasteiger partial charge in [0.25, 0.3) is 0 Å². The van der Waals surface area contributed by atoms with Gasteiger partial charge < -0.3 is 9.15 Å². The van der Waals surface area contributed by atoms with Crippen LogP contribution in [0, 0.1) is 20.8 Å². The van der Waals surface area contributed by atoms with E-state index in [0.717, 1.165) is 38.4 Å². The Bertz CT molecular complexity index is 1190. The summed E-state index contributed by atoms with van der Waals surface area (Å²) >= 11 is 1.54. The van der Waals surface area contributed by atoms with E-state index < -0.39 is 0 Å². The number of benzene rings is 2. The maximum absolute atomic E-state index is 13.4. The molecule has 0 N–H and O–H groups in total. The summed E-state index contributed by atoms with van der Waals surface area (Å²) in [6, 6.07) is 13.8. The molecule has 0 aliphatic rings. The summed E-state index contributed by atoms with van der Waals surface area (Å²) in [7, 11) is 1.65. The van der Waals surface area contributed by atoms with E-state index in [0.29, 0.717) is 11.7 Å². The third kappa shape index (κ3) is 4.09. The molecule has 0 bridgehead atoms. The summed E-state index contributed by atoms with van der Waals surface area (Å²) in [5, 5.41) is 0.685. The average molecular weight is 421 g/mol. The summed E-state index contributed by atoms with van der Waals surface area (Å²) in [5.74, 6) is 1.52. The molecule has 154 valence electrons. The van der Waals surface area contributed by atoms with Crippen LogP contribution in [0.5, 0.6) is 5.75 Å². The van der Waals surface area contributed by atoms with Gasteiger partial charge in [-0.25, -0.2) is 4.98 Å². The highest BCUT2D eigenvalue weighted by Gasteiger charge is 2.22. The van der Waals surface area contributed by atoms with Crippen LogP contribution in [0.2, 0.25) is 0 Å². The van der Waals surface area contributed by atoms with Crippen molar-refractivity contribution in [1.29, 1.82) is 0 Å². The average Bonchev–Trinajstić information content (AvgIpc) is 3.35. The van der Waals surface area contributed by atoms with Gasteiger partial charge in [0.15, 0.2) is 5.13 Å². The number of carbonyl (C=O) groups is 1. The first-order valence-corrected chi connectivity index (χ1v) is 10.6. The third-order valence-corrected chi connectivity index (χ3v) is 6.08. The quantitative estimate of drug-likeness (QED) is 0.407. The van der Waals surface area contributed by atoms with Gasteiger partial charge in [-0.15, -0.1) is 0 Å². The van der Waals surface area contributed by atoms with E-state index in [2.05, 4.69) is 26.0 Å². The van der Waals surface area contributed by atoms with Crippen LogP contribution in [0.15, 0.2) is 53.1 Å². The van der Waals surface area contributed by atoms with Gasteiger partial charge in [-0.05, 0) is 67.3 Å². The minimum absolute atomic E-state index is 0.0237. The van der Waals surface area contributed by atoms with Crippen molar-refractivity contribution in [1.82, 2.24) is 4.98 Å². The van der Waals surface area contributed by atoms with Crippen molar-refractivity contribution < 1.29 is 13.9 Å². The lowest BCUT2D eigenvalue weighted by Crippen LogP contribution is -2.31. The van der Waals surface area contributed by atoms with Crippen LogP contribution in [0.4, 0.5) is 5.13 Å². The molecule has 2 aromatic carbocycles. The second kappa shape index (κ2) is 8.32. The van der Waals surface area contributed by atoms with Crippen molar-refractivity contribution in [2.45, 2.75) is 33.7 Å². The number of fused-ring (bicyclic) bond motifs is 1. The SMILES string of the molecule is COc1ccc(CC(=O)N(Cc2ccco2)c2nc3c(C)cc(C)cc3s2)cc1C. The Morgan fingerprint density at radius 3 is 2.67 bits per heavy atom. The van der Waals surface area contributed by atoms with Gasteiger partial charge in [-0.3, -0.25) is 9.69 Å². The zero-order chi connectivity index (χ0) is 21.3. The van der Waals surface area contributed by atoms with E-state index in [1.165, 1.54) is 16.9 Å². The Labute approximate surface area is 179 Å². The predicted molar refractivity (Wildman–Crippen MR) is 120 cm³/mol. The maximum atomic E-state index is 13.4. The van der Waals surface area contributed by atoms with Gasteiger partial charge >= 0.3 is 0 Å². The number of rotatable bonds is 6. The molecule has 2 heterocycles. The van der Waals surface area contributed by atoms with Crippen LogP contribution in [0.25, 0.3) is 10.2 Å². The van der Waals surface area contributed by atoms with Crippen molar-refractivity contribution in [3.63, 3.8) is 0 Å². The molecule has 0 saturated carbocycles. The molecule has 0 saturated heterocycles. The molecule has 5 nitrogen and oxygen atoms in total. The third-order valence-electron chi connectivity index (χ3n) is 5.06. The van der Waals surface area contributed by atoms with Crippen LogP contribution in [0.1, 0.15) is 28.0 Å². The van der Waals surface area contributed by atoms with E-state index >= 15 is 0 Å². The van der Waals surface area contributed by atoms with Gasteiger partial charge in [-0.2, -0.15) is 0 Å². The molecule has 1 amide bonds. The van der Waals surface area contributed by atoms with Crippen LogP contribution < -0.4 is 9.64 Å². The molecule has 4 aromatic rings. The summed E-state index contributed by atoms with van der Waals surface area (Å²) in [4.78, 5) is 19.9. The minimum atomic E-state index is -0.0237. The van der Waals surface area contributed by atoms with Crippen LogP contribution in [-0.2, 0) is 17.8 Å². The summed E-state index contributed by atoms with van der Waals surface area (Å²) < 4.78 is 11.9. The Morgan fingerprint density at radius 2 is 1.97 bits per heavy atom. The molecule has 0 unspecified atom stereocenters. The normalized spacial score (nSPS) is 11.1. The van der Waals surface area contributed by atoms with Gasteiger partial charge in [0.1, 0.15) is 11.5 Å². The summed E-state index contributed by atoms with van der Waals surface area (Å²) in [5.41, 5.74) is 5.19. The van der Waals surface area contributed by atoms with Gasteiger partial charge in [0, 0.05) is 0 Å². The van der Waals surface area contributed by atoms with Crippen LogP contribution >= 0.6 is 11.3 Å². The minimum Gasteiger partial charge on any atom is -0.496 e. The number of ether oxygens (including phenoxy) is 1. The monoisotopic (exact) mass is 420 g/mol. The topological polar surface area (TPSA) is 55.6 Å². The summed E-state index contributed by atoms with van der Waals surface area (Å²) in [6.45, 7) is 6.45. The fourth-order valence-corrected chi connectivity index (χ4v) is 4.77. The van der Waals surface area contributed by atoms with E-state index in [9.17, 15) is 4.79 Å². The van der Waals surface area contributed by atoms with Crippen LogP contribution in [0.3, 0.4) is 0 Å². The highest BCUT2D eigenvalue weighted by molar-refractivity contribution is 7.22. The van der Waals surface area contributed by atoms with E-state index in [1.54, 1.807) is 18.3 Å². The largest absolute Gasteiger partial charge is 0.496 e. The van der Waals surface area contributed by atoms with Crippen molar-refractivity contribution in [3.8, 4) is 5.75 Å². The molecule has 2 aromatic heterocycles. The first kappa shape index (κ1) is 20.2. The fourth-order valence-electron chi connectivity index (χ4n) is 3.62. The van der Waals surface area contributed by atoms with E-state index in [1.807, 2.05) is 37.3 Å². The molecule has 30 heavy (non-hydrogen) atoms. The number of hydrogen-bond acceptors (Lipinski definition) is 5. The number of anilines is 1. The first-order chi connectivity index (χ1) is 14.4. The number of aryl methyl sites for hydroxylation is 3. The predicted octanol–water partition coefficient (Wildman–Crippen LogP) is 5.60. The lowest BCUT2D eigenvalue weighted by atomic mass is 10.1. The molecular weight excluding hydrogens is 396 g/mol. The fraction of sp³-hybridized carbons (Fsp3) is 0.250. The molecule has 0 aliphatic carbocycles. The zero-order valence-electron chi connectivity index (χ0n) is 17.6. The maximum Gasteiger partial charge on any atom is 0.233 e. The van der Waals surface area contributed by atoms with Gasteiger partial charge in [0.05, 0.1) is 36.6 Å². The number of furan rings is 1. The standard InChI is InChI=1S/C24H24N2O3S/c1-15-10-17(3)23-21(11-15)30-24(25-23)26(14-19-6-5-9-29-19)22(27)13-18-7-8-20(28-4)16(2)12-18/h5-12H,13-14H2,1-4H3. The summed E-state index contributed by atoms with van der Waals surface area (Å²) in [6.07, 6.45) is 1.90. The molecular formula is C24H24N2O3S. The molecule has 0 spiro atoms. The second-order valence-corrected chi connectivity index (χ2v) is 8.47. The smallest absolute Gasteiger partial charge is 0.233 e. The molecule has 0 atom stereocenters. The number of aromatic nitrogens is 1. The second-order valence-electron chi connectivity index (χ2n) is 7.46. The Kier molecular flexibility index (Phi) is 5.59. The highest BCUT2D eigenvalue weighted by Crippen LogP contribution is 2.33. The van der Waals surface area contributed by atoms with Crippen molar-refractivity contribution >= 4 is 32.6 Å². The molecule has 0 radical (unpaired) electrons. The van der Waals surface area contributed by atoms with Crippen molar-refractivity contribution in [3.05, 3.63) is 76.7 Å². The highest BCUT2D eigenvalue weighted by atomic mass is 32.1. The molecule has 6 heteroatoms. The molecule has 0 aliphatic heterocycles. The number of nitrogens with zero attached hydrogens (tertiary/aromatic N) is 2. The Hall–Kier alpha value is -3.12. The van der Waals surface area contributed by atoms with Crippen molar-refractivity contribution in [2.24, 2.45) is 0 Å². The lowest BCUT2D eigenvalue weighted by Gasteiger charge is -2.19. The Morgan fingerprint density at radius 1 is 1.13 bits per heavy atom. The van der Waals surface area contributed by atoms with Gasteiger partial charge in [0.2, 0.25) is 5.91 Å². The number of hydrogen-bond donors (Lipinski definition) is 0. The molecule has 4 rings (SSSR count). The van der Waals surface area contributed by atoms with E-state index in [4.69, 9.17) is 14.1 Å². The lowest BCUT2D eigenvalue weighted by molar-refractivity contribution is -0.118. The van der Waals surface area contributed by atoms with Crippen LogP contribution in [-0.4, -0.2) is 18.0 Å². The zero-order valence-corrected chi connectivity index (χ0v) is 18.4. The van der Waals surface area contributed by atoms with Crippen molar-refractivity contribution in [2.75, 3.05) is 12.0 Å². The number of thiazole rings is 1.